The van der Waals surface area contributed by atoms with Crippen LogP contribution in [0.1, 0.15) is 50.5 Å². The summed E-state index contributed by atoms with van der Waals surface area (Å²) in [6, 6.07) is 3.17. The molecule has 1 nitrogen and oxygen atoms in total. The molecular weight excluding hydrogens is 343 g/mol. The molecule has 2 rings (SSSR count). The number of hydrogen-bond donors (Lipinski definition) is 0. The minimum Gasteiger partial charge on any atom is -0.496 e. The van der Waals surface area contributed by atoms with Gasteiger partial charge in [0.1, 0.15) is 11.6 Å². The van der Waals surface area contributed by atoms with Gasteiger partial charge in [-0.25, -0.2) is 4.39 Å². The standard InChI is InChI=1S/C16H21BrClFO/c1-16(2)7-5-4-6-11(16)15(18)10-8-12(17)13(19)9-14(10)20-3/h8-9,11,15H,4-7H2,1-3H3. The molecule has 1 saturated carbocycles. The van der Waals surface area contributed by atoms with Crippen LogP contribution >= 0.6 is 27.5 Å². The molecule has 4 heteroatoms. The predicted molar refractivity (Wildman–Crippen MR) is 85.0 cm³/mol. The van der Waals surface area contributed by atoms with Crippen LogP contribution in [-0.2, 0) is 0 Å². The number of methoxy groups -OCH3 is 1. The highest BCUT2D eigenvalue weighted by molar-refractivity contribution is 9.10. The molecular formula is C16H21BrClFO. The Bertz CT molecular complexity index is 490. The first-order valence-corrected chi connectivity index (χ1v) is 8.27. The van der Waals surface area contributed by atoms with E-state index in [-0.39, 0.29) is 16.6 Å². The molecule has 1 aliphatic carbocycles. The Kier molecular flexibility index (Phi) is 5.01. The van der Waals surface area contributed by atoms with E-state index in [0.29, 0.717) is 16.1 Å². The maximum Gasteiger partial charge on any atom is 0.141 e. The van der Waals surface area contributed by atoms with Gasteiger partial charge in [0.15, 0.2) is 0 Å². The maximum atomic E-state index is 13.6. The molecule has 2 atom stereocenters. The molecule has 1 aromatic carbocycles. The number of ether oxygens (including phenoxy) is 1. The fourth-order valence-electron chi connectivity index (χ4n) is 3.22. The predicted octanol–water partition coefficient (Wildman–Crippen LogP) is 6.09. The Hall–Kier alpha value is -0.280. The molecule has 0 heterocycles. The lowest BCUT2D eigenvalue weighted by Crippen LogP contribution is -2.31. The third-order valence-electron chi connectivity index (χ3n) is 4.51. The van der Waals surface area contributed by atoms with Crippen molar-refractivity contribution in [2.75, 3.05) is 7.11 Å². The summed E-state index contributed by atoms with van der Waals surface area (Å²) in [5.41, 5.74) is 1.08. The van der Waals surface area contributed by atoms with Crippen LogP contribution in [0.4, 0.5) is 4.39 Å². The van der Waals surface area contributed by atoms with Crippen molar-refractivity contribution in [3.63, 3.8) is 0 Å². The number of halogens is 3. The third-order valence-corrected chi connectivity index (χ3v) is 5.66. The lowest BCUT2D eigenvalue weighted by atomic mass is 9.66. The number of hydrogen-bond acceptors (Lipinski definition) is 1. The van der Waals surface area contributed by atoms with Gasteiger partial charge in [0, 0.05) is 11.6 Å². The molecule has 0 radical (unpaired) electrons. The summed E-state index contributed by atoms with van der Waals surface area (Å²) in [5, 5.41) is -0.155. The van der Waals surface area contributed by atoms with E-state index in [1.165, 1.54) is 25.3 Å². The van der Waals surface area contributed by atoms with Crippen LogP contribution in [0.2, 0.25) is 0 Å². The summed E-state index contributed by atoms with van der Waals surface area (Å²) in [6.07, 6.45) is 4.77. The van der Waals surface area contributed by atoms with Gasteiger partial charge < -0.3 is 4.74 Å². The first-order chi connectivity index (χ1) is 9.36. The van der Waals surface area contributed by atoms with E-state index in [4.69, 9.17) is 16.3 Å². The van der Waals surface area contributed by atoms with E-state index >= 15 is 0 Å². The molecule has 1 aliphatic rings. The quantitative estimate of drug-likeness (QED) is 0.590. The fourth-order valence-corrected chi connectivity index (χ4v) is 4.22. The van der Waals surface area contributed by atoms with E-state index in [1.807, 2.05) is 0 Å². The highest BCUT2D eigenvalue weighted by atomic mass is 79.9. The minimum atomic E-state index is -0.322. The molecule has 1 fully saturated rings. The van der Waals surface area contributed by atoms with Crippen LogP contribution in [0, 0.1) is 17.2 Å². The molecule has 0 amide bonds. The summed E-state index contributed by atoms with van der Waals surface area (Å²) >= 11 is 10.00. The van der Waals surface area contributed by atoms with E-state index < -0.39 is 0 Å². The van der Waals surface area contributed by atoms with Gasteiger partial charge in [-0.15, -0.1) is 11.6 Å². The van der Waals surface area contributed by atoms with Crippen LogP contribution in [0.25, 0.3) is 0 Å². The second-order valence-corrected chi connectivity index (χ2v) is 7.58. The first-order valence-electron chi connectivity index (χ1n) is 7.04. The van der Waals surface area contributed by atoms with E-state index in [2.05, 4.69) is 29.8 Å². The van der Waals surface area contributed by atoms with E-state index in [1.54, 1.807) is 13.2 Å². The minimum absolute atomic E-state index is 0.155. The Balaban J connectivity index is 2.37. The molecule has 2 unspecified atom stereocenters. The van der Waals surface area contributed by atoms with Crippen molar-refractivity contribution in [2.45, 2.75) is 44.9 Å². The second kappa shape index (κ2) is 6.23. The Morgan fingerprint density at radius 3 is 2.70 bits per heavy atom. The van der Waals surface area contributed by atoms with Gasteiger partial charge in [-0.05, 0) is 46.2 Å². The van der Waals surface area contributed by atoms with Crippen LogP contribution in [0.3, 0.4) is 0 Å². The Labute approximate surface area is 134 Å². The summed E-state index contributed by atoms with van der Waals surface area (Å²) in [4.78, 5) is 0. The second-order valence-electron chi connectivity index (χ2n) is 6.25. The average Bonchev–Trinajstić information content (AvgIpc) is 2.40. The lowest BCUT2D eigenvalue weighted by Gasteiger charge is -2.41. The molecule has 0 bridgehead atoms. The molecule has 0 N–H and O–H groups in total. The van der Waals surface area contributed by atoms with Gasteiger partial charge in [0.05, 0.1) is 17.0 Å². The Morgan fingerprint density at radius 2 is 2.10 bits per heavy atom. The first kappa shape index (κ1) is 16.1. The maximum absolute atomic E-state index is 13.6. The summed E-state index contributed by atoms with van der Waals surface area (Å²) in [6.45, 7) is 4.55. The van der Waals surface area contributed by atoms with E-state index in [9.17, 15) is 4.39 Å². The summed E-state index contributed by atoms with van der Waals surface area (Å²) in [5.74, 6) is 0.591. The topological polar surface area (TPSA) is 9.23 Å². The van der Waals surface area contributed by atoms with Gasteiger partial charge in [0.2, 0.25) is 0 Å². The van der Waals surface area contributed by atoms with E-state index in [0.717, 1.165) is 12.0 Å². The highest BCUT2D eigenvalue weighted by Gasteiger charge is 2.38. The van der Waals surface area contributed by atoms with Gasteiger partial charge in [0.25, 0.3) is 0 Å². The molecule has 0 aliphatic heterocycles. The highest BCUT2D eigenvalue weighted by Crippen LogP contribution is 2.51. The van der Waals surface area contributed by atoms with Crippen LogP contribution in [-0.4, -0.2) is 7.11 Å². The fraction of sp³-hybridized carbons (Fsp3) is 0.625. The summed E-state index contributed by atoms with van der Waals surface area (Å²) < 4.78 is 19.4. The monoisotopic (exact) mass is 362 g/mol. The summed E-state index contributed by atoms with van der Waals surface area (Å²) in [7, 11) is 1.56. The van der Waals surface area contributed by atoms with Crippen molar-refractivity contribution < 1.29 is 9.13 Å². The van der Waals surface area contributed by atoms with Crippen molar-refractivity contribution in [3.8, 4) is 5.75 Å². The van der Waals surface area contributed by atoms with Crippen molar-refractivity contribution in [1.82, 2.24) is 0 Å². The number of alkyl halides is 1. The molecule has 0 aromatic heterocycles. The van der Waals surface area contributed by atoms with Crippen LogP contribution in [0.5, 0.6) is 5.75 Å². The van der Waals surface area contributed by atoms with Crippen LogP contribution < -0.4 is 4.74 Å². The van der Waals surface area contributed by atoms with Gasteiger partial charge in [-0.3, -0.25) is 0 Å². The van der Waals surface area contributed by atoms with Gasteiger partial charge >= 0.3 is 0 Å². The van der Waals surface area contributed by atoms with Crippen molar-refractivity contribution >= 4 is 27.5 Å². The zero-order valence-corrected chi connectivity index (χ0v) is 14.5. The van der Waals surface area contributed by atoms with Gasteiger partial charge in [-0.1, -0.05) is 26.7 Å². The van der Waals surface area contributed by atoms with Crippen molar-refractivity contribution in [3.05, 3.63) is 28.0 Å². The molecule has 1 aromatic rings. The van der Waals surface area contributed by atoms with Crippen molar-refractivity contribution in [1.29, 1.82) is 0 Å². The molecule has 0 spiro atoms. The van der Waals surface area contributed by atoms with Crippen LogP contribution in [0.15, 0.2) is 16.6 Å². The molecule has 112 valence electrons. The molecule has 20 heavy (non-hydrogen) atoms. The SMILES string of the molecule is COc1cc(F)c(Br)cc1C(Cl)C1CCCCC1(C)C. The number of rotatable bonds is 3. The zero-order chi connectivity index (χ0) is 14.9. The number of benzene rings is 1. The lowest BCUT2D eigenvalue weighted by molar-refractivity contribution is 0.132. The van der Waals surface area contributed by atoms with Crippen molar-refractivity contribution in [2.24, 2.45) is 11.3 Å². The Morgan fingerprint density at radius 1 is 1.40 bits per heavy atom. The zero-order valence-electron chi connectivity index (χ0n) is 12.2. The molecule has 0 saturated heterocycles. The smallest absolute Gasteiger partial charge is 0.141 e. The van der Waals surface area contributed by atoms with Gasteiger partial charge in [-0.2, -0.15) is 0 Å². The largest absolute Gasteiger partial charge is 0.496 e. The average molecular weight is 364 g/mol. The third kappa shape index (κ3) is 3.14. The normalized spacial score (nSPS) is 23.4.